The maximum absolute atomic E-state index is 14.4. The van der Waals surface area contributed by atoms with E-state index in [1.807, 2.05) is 24.3 Å². The Morgan fingerprint density at radius 2 is 1.86 bits per heavy atom. The standard InChI is InChI=1S/C31H33N5O7/c1-39-21-10-11-23(27(17-21)40-2)30(31(38)32-18-22-6-5-13-41-22)36(20-9-12-26-28(16-20)43-15-14-42-26)29(37)19-35-25-8-4-3-7-24(25)33-34-35/h3-4,7-12,16-17,22,30H,5-6,13-15,18-19H2,1-2H3,(H,32,38). The SMILES string of the molecule is COc1ccc(C(C(=O)NCC2CCCO2)N(C(=O)Cn2nnc3ccccc32)c2ccc3c(c2)OCCO3)c(OC)c1. The van der Waals surface area contributed by atoms with Gasteiger partial charge in [-0.05, 0) is 49.2 Å². The first-order valence-corrected chi connectivity index (χ1v) is 14.2. The number of ether oxygens (including phenoxy) is 5. The van der Waals surface area contributed by atoms with Gasteiger partial charge >= 0.3 is 0 Å². The third-order valence-corrected chi connectivity index (χ3v) is 7.55. The van der Waals surface area contributed by atoms with Gasteiger partial charge in [-0.15, -0.1) is 5.10 Å². The summed E-state index contributed by atoms with van der Waals surface area (Å²) in [6, 6.07) is 16.6. The van der Waals surface area contributed by atoms with Crippen molar-refractivity contribution in [1.82, 2.24) is 20.3 Å². The van der Waals surface area contributed by atoms with Crippen LogP contribution in [0.2, 0.25) is 0 Å². The number of fused-ring (bicyclic) bond motifs is 2. The maximum Gasteiger partial charge on any atom is 0.249 e. The van der Waals surface area contributed by atoms with Crippen LogP contribution in [0.3, 0.4) is 0 Å². The highest BCUT2D eigenvalue weighted by atomic mass is 16.6. The molecule has 224 valence electrons. The van der Waals surface area contributed by atoms with Gasteiger partial charge in [-0.2, -0.15) is 0 Å². The van der Waals surface area contributed by atoms with Crippen molar-refractivity contribution in [1.29, 1.82) is 0 Å². The molecule has 3 heterocycles. The molecule has 2 atom stereocenters. The number of aromatic nitrogens is 3. The molecule has 1 saturated heterocycles. The fourth-order valence-electron chi connectivity index (χ4n) is 5.42. The predicted molar refractivity (Wildman–Crippen MR) is 157 cm³/mol. The Labute approximate surface area is 248 Å². The summed E-state index contributed by atoms with van der Waals surface area (Å²) in [6.45, 7) is 1.58. The Morgan fingerprint density at radius 3 is 2.65 bits per heavy atom. The Bertz CT molecular complexity index is 1620. The Hall–Kier alpha value is -4.84. The molecule has 43 heavy (non-hydrogen) atoms. The number of carbonyl (C=O) groups excluding carboxylic acids is 2. The molecule has 12 heteroatoms. The van der Waals surface area contributed by atoms with Crippen molar-refractivity contribution in [2.24, 2.45) is 0 Å². The molecule has 12 nitrogen and oxygen atoms in total. The zero-order chi connectivity index (χ0) is 29.8. The van der Waals surface area contributed by atoms with E-state index in [0.717, 1.165) is 12.8 Å². The second-order valence-corrected chi connectivity index (χ2v) is 10.2. The fourth-order valence-corrected chi connectivity index (χ4v) is 5.42. The van der Waals surface area contributed by atoms with E-state index in [-0.39, 0.29) is 12.6 Å². The average Bonchev–Trinajstić information content (AvgIpc) is 3.72. The van der Waals surface area contributed by atoms with Gasteiger partial charge in [0, 0.05) is 36.5 Å². The second-order valence-electron chi connectivity index (χ2n) is 10.2. The van der Waals surface area contributed by atoms with Crippen molar-refractivity contribution >= 4 is 28.5 Å². The van der Waals surface area contributed by atoms with Crippen molar-refractivity contribution in [2.75, 3.05) is 45.5 Å². The van der Waals surface area contributed by atoms with Crippen LogP contribution in [0.15, 0.2) is 60.7 Å². The van der Waals surface area contributed by atoms with Crippen molar-refractivity contribution < 1.29 is 33.3 Å². The lowest BCUT2D eigenvalue weighted by molar-refractivity contribution is -0.127. The number of rotatable bonds is 10. The van der Waals surface area contributed by atoms with E-state index < -0.39 is 17.9 Å². The highest BCUT2D eigenvalue weighted by molar-refractivity contribution is 6.02. The highest BCUT2D eigenvalue weighted by Gasteiger charge is 2.36. The first-order chi connectivity index (χ1) is 21.1. The number of methoxy groups -OCH3 is 2. The molecule has 2 aliphatic rings. The number of amides is 2. The van der Waals surface area contributed by atoms with Gasteiger partial charge in [-0.3, -0.25) is 14.5 Å². The monoisotopic (exact) mass is 587 g/mol. The van der Waals surface area contributed by atoms with Gasteiger partial charge in [-0.25, -0.2) is 4.68 Å². The van der Waals surface area contributed by atoms with Crippen LogP contribution in [0.25, 0.3) is 11.0 Å². The topological polar surface area (TPSA) is 126 Å². The van der Waals surface area contributed by atoms with Gasteiger partial charge in [0.15, 0.2) is 11.5 Å². The van der Waals surface area contributed by atoms with Crippen LogP contribution < -0.4 is 29.2 Å². The van der Waals surface area contributed by atoms with Crippen LogP contribution >= 0.6 is 0 Å². The Balaban J connectivity index is 1.45. The largest absolute Gasteiger partial charge is 0.497 e. The molecular formula is C31H33N5O7. The summed E-state index contributed by atoms with van der Waals surface area (Å²) in [5.41, 5.74) is 2.26. The highest BCUT2D eigenvalue weighted by Crippen LogP contribution is 2.40. The molecule has 2 aliphatic heterocycles. The smallest absolute Gasteiger partial charge is 0.249 e. The second kappa shape index (κ2) is 12.6. The number of nitrogens with zero attached hydrogens (tertiary/aromatic N) is 4. The lowest BCUT2D eigenvalue weighted by Gasteiger charge is -2.33. The van der Waals surface area contributed by atoms with Gasteiger partial charge in [0.05, 0.1) is 25.8 Å². The van der Waals surface area contributed by atoms with Crippen molar-refractivity contribution in [2.45, 2.75) is 31.5 Å². The minimum absolute atomic E-state index is 0.0951. The van der Waals surface area contributed by atoms with Gasteiger partial charge in [0.2, 0.25) is 11.8 Å². The van der Waals surface area contributed by atoms with E-state index in [2.05, 4.69) is 15.6 Å². The molecule has 0 spiro atoms. The number of hydrogen-bond donors (Lipinski definition) is 1. The molecule has 3 aromatic carbocycles. The fraction of sp³-hybridized carbons (Fsp3) is 0.355. The molecule has 0 bridgehead atoms. The van der Waals surface area contributed by atoms with Crippen LogP contribution in [0.4, 0.5) is 5.69 Å². The summed E-state index contributed by atoms with van der Waals surface area (Å²) >= 11 is 0. The molecule has 1 aromatic heterocycles. The van der Waals surface area contributed by atoms with Gasteiger partial charge < -0.3 is 29.0 Å². The molecule has 1 fully saturated rings. The van der Waals surface area contributed by atoms with Crippen LogP contribution in [0.1, 0.15) is 24.4 Å². The number of nitrogens with one attached hydrogen (secondary N) is 1. The number of carbonyl (C=O) groups is 2. The van der Waals surface area contributed by atoms with E-state index in [9.17, 15) is 9.59 Å². The lowest BCUT2D eigenvalue weighted by atomic mass is 10.0. The van der Waals surface area contributed by atoms with E-state index in [0.29, 0.717) is 71.6 Å². The summed E-state index contributed by atoms with van der Waals surface area (Å²) in [4.78, 5) is 30.1. The Kier molecular flexibility index (Phi) is 8.27. The van der Waals surface area contributed by atoms with Gasteiger partial charge in [-0.1, -0.05) is 17.3 Å². The first-order valence-electron chi connectivity index (χ1n) is 14.2. The number of para-hydroxylation sites is 1. The molecule has 2 amide bonds. The van der Waals surface area contributed by atoms with Crippen molar-refractivity contribution in [3.63, 3.8) is 0 Å². The number of benzene rings is 3. The summed E-state index contributed by atoms with van der Waals surface area (Å²) in [7, 11) is 3.06. The minimum Gasteiger partial charge on any atom is -0.497 e. The third-order valence-electron chi connectivity index (χ3n) is 7.55. The van der Waals surface area contributed by atoms with E-state index in [4.69, 9.17) is 23.7 Å². The zero-order valence-corrected chi connectivity index (χ0v) is 24.0. The summed E-state index contributed by atoms with van der Waals surface area (Å²) in [5, 5.41) is 11.4. The number of hydrogen-bond acceptors (Lipinski definition) is 9. The van der Waals surface area contributed by atoms with Crippen molar-refractivity contribution in [3.8, 4) is 23.0 Å². The maximum atomic E-state index is 14.4. The van der Waals surface area contributed by atoms with Gasteiger partial charge in [0.25, 0.3) is 0 Å². The normalized spacial score (nSPS) is 16.5. The molecular weight excluding hydrogens is 554 g/mol. The molecule has 0 radical (unpaired) electrons. The molecule has 0 saturated carbocycles. The predicted octanol–water partition coefficient (Wildman–Crippen LogP) is 3.29. The van der Waals surface area contributed by atoms with Crippen LogP contribution in [0.5, 0.6) is 23.0 Å². The van der Waals surface area contributed by atoms with E-state index in [1.54, 1.807) is 43.5 Å². The Morgan fingerprint density at radius 1 is 1.02 bits per heavy atom. The average molecular weight is 588 g/mol. The quantitative estimate of drug-likeness (QED) is 0.297. The number of anilines is 1. The lowest BCUT2D eigenvalue weighted by Crippen LogP contribution is -2.46. The van der Waals surface area contributed by atoms with Crippen LogP contribution in [-0.4, -0.2) is 73.5 Å². The van der Waals surface area contributed by atoms with E-state index in [1.165, 1.54) is 16.7 Å². The van der Waals surface area contributed by atoms with Gasteiger partial charge in [0.1, 0.15) is 42.8 Å². The summed E-state index contributed by atoms with van der Waals surface area (Å²) in [6.07, 6.45) is 1.69. The third kappa shape index (κ3) is 5.91. The molecule has 6 rings (SSSR count). The molecule has 4 aromatic rings. The van der Waals surface area contributed by atoms with Crippen molar-refractivity contribution in [3.05, 3.63) is 66.2 Å². The zero-order valence-electron chi connectivity index (χ0n) is 24.0. The summed E-state index contributed by atoms with van der Waals surface area (Å²) in [5.74, 6) is 1.18. The minimum atomic E-state index is -1.13. The molecule has 0 aliphatic carbocycles. The van der Waals surface area contributed by atoms with Crippen LogP contribution in [0, 0.1) is 0 Å². The molecule has 1 N–H and O–H groups in total. The first kappa shape index (κ1) is 28.3. The van der Waals surface area contributed by atoms with Crippen LogP contribution in [-0.2, 0) is 20.9 Å². The summed E-state index contributed by atoms with van der Waals surface area (Å²) < 4.78 is 30.0. The molecule has 2 unspecified atom stereocenters. The van der Waals surface area contributed by atoms with E-state index >= 15 is 0 Å².